The van der Waals surface area contributed by atoms with E-state index in [1.807, 2.05) is 19.1 Å². The Bertz CT molecular complexity index is 1380. The lowest BCUT2D eigenvalue weighted by Gasteiger charge is -2.16. The van der Waals surface area contributed by atoms with Crippen LogP contribution in [0.3, 0.4) is 0 Å². The van der Waals surface area contributed by atoms with Crippen LogP contribution in [0.1, 0.15) is 27.0 Å². The van der Waals surface area contributed by atoms with Gasteiger partial charge in [-0.2, -0.15) is 5.01 Å². The van der Waals surface area contributed by atoms with E-state index in [0.29, 0.717) is 27.5 Å². The van der Waals surface area contributed by atoms with Crippen LogP contribution in [-0.4, -0.2) is 28.3 Å². The lowest BCUT2D eigenvalue weighted by molar-refractivity contribution is -0.123. The Balaban J connectivity index is 1.49. The number of aryl methyl sites for hydroxylation is 1. The average molecular weight is 543 g/mol. The molecule has 4 rings (SSSR count). The first kappa shape index (κ1) is 25.7. The molecule has 1 aliphatic rings. The predicted octanol–water partition coefficient (Wildman–Crippen LogP) is 5.92. The summed E-state index contributed by atoms with van der Waals surface area (Å²) >= 11 is 12.4. The Labute approximate surface area is 222 Å². The van der Waals surface area contributed by atoms with Gasteiger partial charge >= 0.3 is 0 Å². The summed E-state index contributed by atoms with van der Waals surface area (Å²) in [7, 11) is 1.47. The normalized spacial score (nSPS) is 14.3. The molecule has 3 aromatic carbocycles. The van der Waals surface area contributed by atoms with Crippen molar-refractivity contribution in [3.05, 3.63) is 98.7 Å². The van der Waals surface area contributed by atoms with Gasteiger partial charge < -0.3 is 9.47 Å². The molecule has 6 nitrogen and oxygen atoms in total. The number of methoxy groups -OCH3 is 1. The first-order chi connectivity index (χ1) is 17.3. The molecular formula is C26H20ClFN2O4S2. The molecule has 0 aliphatic carbocycles. The third-order valence-electron chi connectivity index (χ3n) is 5.32. The third-order valence-corrected chi connectivity index (χ3v) is 6.97. The lowest BCUT2D eigenvalue weighted by Crippen LogP contribution is -2.45. The highest BCUT2D eigenvalue weighted by atomic mass is 35.5. The number of ether oxygens (including phenoxy) is 2. The first-order valence-corrected chi connectivity index (χ1v) is 12.3. The molecule has 184 valence electrons. The van der Waals surface area contributed by atoms with Crippen LogP contribution in [0, 0.1) is 12.7 Å². The number of benzene rings is 3. The van der Waals surface area contributed by atoms with Gasteiger partial charge in [-0.25, -0.2) is 4.39 Å². The highest BCUT2D eigenvalue weighted by molar-refractivity contribution is 8.26. The second-order valence-electron chi connectivity index (χ2n) is 7.67. The van der Waals surface area contributed by atoms with Crippen molar-refractivity contribution in [3.63, 3.8) is 0 Å². The average Bonchev–Trinajstić information content (AvgIpc) is 3.11. The van der Waals surface area contributed by atoms with E-state index in [9.17, 15) is 14.0 Å². The molecule has 0 saturated carbocycles. The molecule has 1 aliphatic heterocycles. The van der Waals surface area contributed by atoms with Crippen LogP contribution in [0.25, 0.3) is 6.08 Å². The van der Waals surface area contributed by atoms with Crippen LogP contribution in [0.5, 0.6) is 11.5 Å². The SMILES string of the molecule is COc1cc(/C=C2/SC(=S)N(NC(=O)c3ccccc3C)C2=O)ccc1OCc1c(F)cccc1Cl. The number of carbonyl (C=O) groups excluding carboxylic acids is 2. The summed E-state index contributed by atoms with van der Waals surface area (Å²) in [5.41, 5.74) is 4.70. The van der Waals surface area contributed by atoms with Gasteiger partial charge in [0.25, 0.3) is 11.8 Å². The van der Waals surface area contributed by atoms with Gasteiger partial charge in [0.15, 0.2) is 15.8 Å². The van der Waals surface area contributed by atoms with Crippen LogP contribution in [0.4, 0.5) is 4.39 Å². The molecule has 0 spiro atoms. The van der Waals surface area contributed by atoms with Crippen molar-refractivity contribution < 1.29 is 23.5 Å². The minimum atomic E-state index is -0.463. The molecule has 0 radical (unpaired) electrons. The quantitative estimate of drug-likeness (QED) is 0.295. The predicted molar refractivity (Wildman–Crippen MR) is 142 cm³/mol. The number of hydrogen-bond donors (Lipinski definition) is 1. The van der Waals surface area contributed by atoms with E-state index in [2.05, 4.69) is 5.43 Å². The maximum atomic E-state index is 14.0. The topological polar surface area (TPSA) is 67.9 Å². The van der Waals surface area contributed by atoms with E-state index < -0.39 is 17.6 Å². The molecule has 1 fully saturated rings. The van der Waals surface area contributed by atoms with Crippen LogP contribution >= 0.6 is 35.6 Å². The zero-order chi connectivity index (χ0) is 25.8. The van der Waals surface area contributed by atoms with E-state index in [4.69, 9.17) is 33.3 Å². The Morgan fingerprint density at radius 1 is 1.17 bits per heavy atom. The summed E-state index contributed by atoms with van der Waals surface area (Å²) in [5.74, 6) is -0.564. The molecule has 0 atom stereocenters. The number of carbonyl (C=O) groups is 2. The van der Waals surface area contributed by atoms with E-state index in [1.54, 1.807) is 42.5 Å². The van der Waals surface area contributed by atoms with Gasteiger partial charge in [-0.15, -0.1) is 0 Å². The fraction of sp³-hybridized carbons (Fsp3) is 0.115. The third kappa shape index (κ3) is 5.53. The molecule has 0 aromatic heterocycles. The number of thioether (sulfide) groups is 1. The summed E-state index contributed by atoms with van der Waals surface area (Å²) in [6.45, 7) is 1.73. The summed E-state index contributed by atoms with van der Waals surface area (Å²) < 4.78 is 25.4. The van der Waals surface area contributed by atoms with Gasteiger partial charge in [-0.05, 0) is 66.7 Å². The molecule has 3 aromatic rings. The molecular weight excluding hydrogens is 523 g/mol. The summed E-state index contributed by atoms with van der Waals surface area (Å²) in [4.78, 5) is 25.9. The zero-order valence-corrected chi connectivity index (χ0v) is 21.6. The number of hydrogen-bond acceptors (Lipinski definition) is 6. The first-order valence-electron chi connectivity index (χ1n) is 10.7. The largest absolute Gasteiger partial charge is 0.493 e. The number of hydrazine groups is 1. The van der Waals surface area contributed by atoms with Crippen LogP contribution in [0.15, 0.2) is 65.6 Å². The highest BCUT2D eigenvalue weighted by Gasteiger charge is 2.34. The van der Waals surface area contributed by atoms with E-state index in [-0.39, 0.29) is 21.5 Å². The van der Waals surface area contributed by atoms with Gasteiger partial charge in [-0.1, -0.05) is 53.7 Å². The Morgan fingerprint density at radius 3 is 2.67 bits per heavy atom. The Morgan fingerprint density at radius 2 is 1.94 bits per heavy atom. The standard InChI is InChI=1S/C26H20ClFN2O4S2/c1-15-6-3-4-7-17(15)24(31)29-30-25(32)23(36-26(30)35)13-16-10-11-21(22(12-16)33-2)34-14-18-19(27)8-5-9-20(18)28/h3-13H,14H2,1-2H3,(H,29,31)/b23-13+. The second-order valence-corrected chi connectivity index (χ2v) is 9.76. The summed E-state index contributed by atoms with van der Waals surface area (Å²) in [5, 5.41) is 1.33. The molecule has 0 bridgehead atoms. The maximum Gasteiger partial charge on any atom is 0.285 e. The number of halogens is 2. The van der Waals surface area contributed by atoms with Gasteiger partial charge in [-0.3, -0.25) is 15.0 Å². The molecule has 10 heteroatoms. The number of nitrogens with one attached hydrogen (secondary N) is 1. The van der Waals surface area contributed by atoms with Crippen molar-refractivity contribution in [1.29, 1.82) is 0 Å². The highest BCUT2D eigenvalue weighted by Crippen LogP contribution is 2.35. The monoisotopic (exact) mass is 542 g/mol. The Kier molecular flexibility index (Phi) is 7.93. The fourth-order valence-corrected chi connectivity index (χ4v) is 4.82. The van der Waals surface area contributed by atoms with Crippen molar-refractivity contribution in [2.45, 2.75) is 13.5 Å². The second kappa shape index (κ2) is 11.1. The van der Waals surface area contributed by atoms with E-state index in [0.717, 1.165) is 22.3 Å². The van der Waals surface area contributed by atoms with Gasteiger partial charge in [0.05, 0.1) is 17.0 Å². The van der Waals surface area contributed by atoms with Gasteiger partial charge in [0.1, 0.15) is 12.4 Å². The van der Waals surface area contributed by atoms with E-state index in [1.165, 1.54) is 19.2 Å². The van der Waals surface area contributed by atoms with Crippen LogP contribution in [0.2, 0.25) is 5.02 Å². The molecule has 36 heavy (non-hydrogen) atoms. The van der Waals surface area contributed by atoms with Crippen molar-refractivity contribution in [3.8, 4) is 11.5 Å². The maximum absolute atomic E-state index is 14.0. The van der Waals surface area contributed by atoms with E-state index >= 15 is 0 Å². The summed E-state index contributed by atoms with van der Waals surface area (Å²) in [6.07, 6.45) is 1.64. The molecule has 0 unspecified atom stereocenters. The lowest BCUT2D eigenvalue weighted by atomic mass is 10.1. The minimum absolute atomic E-state index is 0.0829. The van der Waals surface area contributed by atoms with Crippen molar-refractivity contribution >= 4 is 57.8 Å². The number of rotatable bonds is 7. The minimum Gasteiger partial charge on any atom is -0.493 e. The molecule has 1 N–H and O–H groups in total. The van der Waals surface area contributed by atoms with Gasteiger partial charge in [0.2, 0.25) is 0 Å². The number of amides is 2. The fourth-order valence-electron chi connectivity index (χ4n) is 3.42. The molecule has 1 saturated heterocycles. The zero-order valence-electron chi connectivity index (χ0n) is 19.2. The van der Waals surface area contributed by atoms with Gasteiger partial charge in [0, 0.05) is 11.1 Å². The van der Waals surface area contributed by atoms with Crippen molar-refractivity contribution in [1.82, 2.24) is 10.4 Å². The smallest absolute Gasteiger partial charge is 0.285 e. The van der Waals surface area contributed by atoms with Crippen molar-refractivity contribution in [2.24, 2.45) is 0 Å². The van der Waals surface area contributed by atoms with Crippen LogP contribution in [-0.2, 0) is 11.4 Å². The molecule has 2 amide bonds. The number of thiocarbonyl (C=S) groups is 1. The Hall–Kier alpha value is -3.40. The molecule has 1 heterocycles. The van der Waals surface area contributed by atoms with Crippen molar-refractivity contribution in [2.75, 3.05) is 7.11 Å². The van der Waals surface area contributed by atoms with Crippen LogP contribution < -0.4 is 14.9 Å². The summed E-state index contributed by atoms with van der Waals surface area (Å²) in [6, 6.07) is 16.5. The number of nitrogens with zero attached hydrogens (tertiary/aromatic N) is 1.